The first-order valence-corrected chi connectivity index (χ1v) is 9.96. The number of carboxylic acids is 1. The van der Waals surface area contributed by atoms with Gasteiger partial charge in [-0.2, -0.15) is 13.2 Å². The summed E-state index contributed by atoms with van der Waals surface area (Å²) in [6, 6.07) is 0.540. The average molecular weight is 452 g/mol. The van der Waals surface area contributed by atoms with Crippen LogP contribution in [-0.4, -0.2) is 38.5 Å². The quantitative estimate of drug-likeness (QED) is 0.609. The van der Waals surface area contributed by atoms with Crippen LogP contribution in [-0.2, 0) is 4.79 Å². The normalized spacial score (nSPS) is 19.8. The van der Waals surface area contributed by atoms with E-state index >= 15 is 0 Å². The summed E-state index contributed by atoms with van der Waals surface area (Å²) in [4.78, 5) is 25.6. The number of carbonyl (C=O) groups is 2. The zero-order valence-electron chi connectivity index (χ0n) is 14.2. The molecule has 1 aliphatic carbocycles. The fourth-order valence-electron chi connectivity index (χ4n) is 3.26. The van der Waals surface area contributed by atoms with Gasteiger partial charge in [-0.25, -0.2) is 0 Å². The number of aliphatic hydroxyl groups excluding tert-OH is 1. The number of thioether (sulfide) groups is 1. The maximum Gasteiger partial charge on any atom is 0.447 e. The van der Waals surface area contributed by atoms with E-state index in [0.717, 1.165) is 17.4 Å². The number of carbonyl (C=O) groups excluding carboxylic acids is 1. The number of nitrogens with zero attached hydrogens (tertiary/aromatic N) is 1. The van der Waals surface area contributed by atoms with Crippen molar-refractivity contribution < 1.29 is 33.0 Å². The van der Waals surface area contributed by atoms with E-state index in [0.29, 0.717) is 16.8 Å². The van der Waals surface area contributed by atoms with Crippen LogP contribution in [0.5, 0.6) is 0 Å². The molecule has 0 aromatic carbocycles. The third-order valence-electron chi connectivity index (χ3n) is 4.35. The molecule has 0 saturated carbocycles. The standard InChI is InChI=1S/C17H13ClF3NO4S2/c1-7-9(5-12(24)25)14-10(2-3-11(23)15(14)18)22(7)16(26)8-4-13(27-6-8)28-17(19,20)21/h3-4,6,10,23H,2,5H2,1H3,(H,24,25). The minimum absolute atomic E-state index is 0.0271. The number of hydrogen-bond donors (Lipinski definition) is 2. The zero-order chi connectivity index (χ0) is 20.8. The van der Waals surface area contributed by atoms with Gasteiger partial charge in [0.05, 0.1) is 27.3 Å². The predicted octanol–water partition coefficient (Wildman–Crippen LogP) is 5.27. The average Bonchev–Trinajstić information content (AvgIpc) is 3.12. The van der Waals surface area contributed by atoms with Crippen LogP contribution in [0.15, 0.2) is 49.4 Å². The van der Waals surface area contributed by atoms with Crippen LogP contribution in [0.1, 0.15) is 30.1 Å². The smallest absolute Gasteiger partial charge is 0.447 e. The van der Waals surface area contributed by atoms with E-state index < -0.39 is 29.8 Å². The second kappa shape index (κ2) is 7.49. The Morgan fingerprint density at radius 2 is 2.11 bits per heavy atom. The number of rotatable bonds is 4. The maximum absolute atomic E-state index is 13.0. The lowest BCUT2D eigenvalue weighted by Crippen LogP contribution is -2.36. The zero-order valence-corrected chi connectivity index (χ0v) is 16.6. The van der Waals surface area contributed by atoms with Gasteiger partial charge in [0.25, 0.3) is 5.91 Å². The molecule has 1 aliphatic heterocycles. The Hall–Kier alpha value is -1.91. The number of fused-ring (bicyclic) bond motifs is 1. The summed E-state index contributed by atoms with van der Waals surface area (Å²) in [6.45, 7) is 1.56. The van der Waals surface area contributed by atoms with Crippen molar-refractivity contribution in [3.05, 3.63) is 50.7 Å². The summed E-state index contributed by atoms with van der Waals surface area (Å²) in [5, 5.41) is 20.4. The molecule has 0 radical (unpaired) electrons. The minimum Gasteiger partial charge on any atom is -0.507 e. The van der Waals surface area contributed by atoms with Crippen LogP contribution in [0, 0.1) is 0 Å². The fourth-order valence-corrected chi connectivity index (χ4v) is 5.22. The van der Waals surface area contributed by atoms with Crippen LogP contribution >= 0.6 is 34.7 Å². The van der Waals surface area contributed by atoms with Crippen molar-refractivity contribution >= 4 is 46.6 Å². The molecule has 2 aliphatic rings. The van der Waals surface area contributed by atoms with Crippen LogP contribution in [0.2, 0.25) is 0 Å². The highest BCUT2D eigenvalue weighted by molar-refractivity contribution is 8.01. The van der Waals surface area contributed by atoms with Crippen molar-refractivity contribution in [1.29, 1.82) is 0 Å². The van der Waals surface area contributed by atoms with E-state index in [4.69, 9.17) is 11.6 Å². The molecule has 0 spiro atoms. The highest BCUT2D eigenvalue weighted by atomic mass is 35.5. The summed E-state index contributed by atoms with van der Waals surface area (Å²) in [7, 11) is 0. The number of hydrogen-bond acceptors (Lipinski definition) is 5. The van der Waals surface area contributed by atoms with Crippen molar-refractivity contribution in [3.63, 3.8) is 0 Å². The maximum atomic E-state index is 13.0. The Morgan fingerprint density at radius 1 is 1.43 bits per heavy atom. The molecular weight excluding hydrogens is 439 g/mol. The molecule has 5 nitrogen and oxygen atoms in total. The molecule has 11 heteroatoms. The molecule has 1 amide bonds. The van der Waals surface area contributed by atoms with E-state index in [2.05, 4.69) is 0 Å². The van der Waals surface area contributed by atoms with Gasteiger partial charge in [0.1, 0.15) is 5.76 Å². The van der Waals surface area contributed by atoms with E-state index in [-0.39, 0.29) is 38.7 Å². The number of carboxylic acid groups (broad SMARTS) is 1. The monoisotopic (exact) mass is 451 g/mol. The first-order valence-electron chi connectivity index (χ1n) is 7.88. The van der Waals surface area contributed by atoms with Gasteiger partial charge in [0.15, 0.2) is 0 Å². The van der Waals surface area contributed by atoms with Gasteiger partial charge >= 0.3 is 11.5 Å². The SMILES string of the molecule is CC1=C(CC(=O)O)C2=C(Cl)C(O)=CCC2N1C(=O)c1csc(SC(F)(F)F)c1. The predicted molar refractivity (Wildman–Crippen MR) is 99.3 cm³/mol. The molecule has 0 bridgehead atoms. The fraction of sp³-hybridized carbons (Fsp3) is 0.294. The van der Waals surface area contributed by atoms with Crippen LogP contribution in [0.25, 0.3) is 0 Å². The Labute approximate surface area is 170 Å². The second-order valence-electron chi connectivity index (χ2n) is 6.08. The Balaban J connectivity index is 1.98. The van der Waals surface area contributed by atoms with Crippen LogP contribution in [0.4, 0.5) is 13.2 Å². The highest BCUT2D eigenvalue weighted by Gasteiger charge is 2.42. The van der Waals surface area contributed by atoms with Crippen molar-refractivity contribution in [1.82, 2.24) is 4.90 Å². The molecule has 0 saturated heterocycles. The van der Waals surface area contributed by atoms with E-state index in [1.165, 1.54) is 16.4 Å². The lowest BCUT2D eigenvalue weighted by Gasteiger charge is -2.28. The lowest BCUT2D eigenvalue weighted by molar-refractivity contribution is -0.136. The number of thiophene rings is 1. The van der Waals surface area contributed by atoms with Gasteiger partial charge in [-0.1, -0.05) is 11.6 Å². The Morgan fingerprint density at radius 3 is 2.71 bits per heavy atom. The summed E-state index contributed by atoms with van der Waals surface area (Å²) in [6.07, 6.45) is 1.23. The lowest BCUT2D eigenvalue weighted by atomic mass is 9.92. The Bertz CT molecular complexity index is 948. The molecule has 1 aromatic heterocycles. The summed E-state index contributed by atoms with van der Waals surface area (Å²) < 4.78 is 37.6. The number of amides is 1. The number of aliphatic hydroxyl groups is 1. The number of halogens is 4. The van der Waals surface area contributed by atoms with E-state index in [9.17, 15) is 33.0 Å². The van der Waals surface area contributed by atoms with Crippen LogP contribution < -0.4 is 0 Å². The van der Waals surface area contributed by atoms with E-state index in [1.807, 2.05) is 0 Å². The molecule has 150 valence electrons. The molecule has 0 fully saturated rings. The molecule has 1 unspecified atom stereocenters. The van der Waals surface area contributed by atoms with Crippen molar-refractivity contribution in [3.8, 4) is 0 Å². The van der Waals surface area contributed by atoms with Gasteiger partial charge in [-0.3, -0.25) is 9.59 Å². The molecular formula is C17H13ClF3NO4S2. The third kappa shape index (κ3) is 3.94. The number of allylic oxidation sites excluding steroid dienone is 2. The van der Waals surface area contributed by atoms with Crippen molar-refractivity contribution in [2.24, 2.45) is 0 Å². The molecule has 3 rings (SSSR count). The summed E-state index contributed by atoms with van der Waals surface area (Å²) in [5.74, 6) is -1.88. The van der Waals surface area contributed by atoms with Gasteiger partial charge in [0.2, 0.25) is 0 Å². The molecule has 28 heavy (non-hydrogen) atoms. The molecule has 2 N–H and O–H groups in total. The van der Waals surface area contributed by atoms with Gasteiger partial charge < -0.3 is 15.1 Å². The van der Waals surface area contributed by atoms with Crippen molar-refractivity contribution in [2.45, 2.75) is 35.5 Å². The van der Waals surface area contributed by atoms with Crippen molar-refractivity contribution in [2.75, 3.05) is 0 Å². The topological polar surface area (TPSA) is 77.8 Å². The van der Waals surface area contributed by atoms with Gasteiger partial charge in [-0.15, -0.1) is 11.3 Å². The van der Waals surface area contributed by atoms with Crippen LogP contribution in [0.3, 0.4) is 0 Å². The third-order valence-corrected chi connectivity index (χ3v) is 6.56. The summed E-state index contributed by atoms with van der Waals surface area (Å²) >= 11 is 6.68. The first kappa shape index (κ1) is 20.8. The highest BCUT2D eigenvalue weighted by Crippen LogP contribution is 2.45. The largest absolute Gasteiger partial charge is 0.507 e. The number of alkyl halides is 3. The van der Waals surface area contributed by atoms with E-state index in [1.54, 1.807) is 6.92 Å². The Kier molecular flexibility index (Phi) is 5.57. The molecule has 1 atom stereocenters. The number of aliphatic carboxylic acids is 1. The van der Waals surface area contributed by atoms with Gasteiger partial charge in [-0.05, 0) is 42.8 Å². The first-order chi connectivity index (χ1) is 13.0. The molecule has 2 heterocycles. The minimum atomic E-state index is -4.46. The second-order valence-corrected chi connectivity index (χ2v) is 8.73. The van der Waals surface area contributed by atoms with Gasteiger partial charge in [0, 0.05) is 16.7 Å². The summed E-state index contributed by atoms with van der Waals surface area (Å²) in [5.41, 5.74) is -3.37. The molecule has 1 aromatic rings.